The van der Waals surface area contributed by atoms with Crippen molar-refractivity contribution in [3.8, 4) is 11.8 Å². The molecule has 2 heterocycles. The van der Waals surface area contributed by atoms with E-state index in [0.717, 1.165) is 22.6 Å². The number of aromatic nitrogens is 1. The topological polar surface area (TPSA) is 33.2 Å². The number of hydrogen-bond acceptors (Lipinski definition) is 2. The lowest BCUT2D eigenvalue weighted by Gasteiger charge is -2.29. The molecule has 1 aliphatic heterocycles. The molecule has 3 aromatic rings. The minimum Gasteiger partial charge on any atom is -0.334 e. The summed E-state index contributed by atoms with van der Waals surface area (Å²) in [5.41, 5.74) is 4.06. The van der Waals surface area contributed by atoms with Crippen LogP contribution in [-0.2, 0) is 13.0 Å². The smallest absolute Gasteiger partial charge is 0.254 e. The number of rotatable bonds is 1. The Bertz CT molecular complexity index is 1100. The summed E-state index contributed by atoms with van der Waals surface area (Å²) in [6.07, 6.45) is 2.44. The van der Waals surface area contributed by atoms with E-state index >= 15 is 0 Å². The third-order valence-electron chi connectivity index (χ3n) is 4.70. The van der Waals surface area contributed by atoms with Gasteiger partial charge >= 0.3 is 0 Å². The predicted molar refractivity (Wildman–Crippen MR) is 112 cm³/mol. The monoisotopic (exact) mass is 406 g/mol. The standard InChI is InChI=1S/C23H16Cl2N2O/c24-21-10-8-17(14-16(21)7-9-19-5-1-2-12-26-19)23(28)27-13-11-20-18(15-27)4-3-6-22(20)25/h1-6,8,10,12,14H,11,13,15H2. The molecule has 0 unspecified atom stereocenters. The zero-order valence-corrected chi connectivity index (χ0v) is 16.5. The van der Waals surface area contributed by atoms with Crippen molar-refractivity contribution < 1.29 is 4.79 Å². The Kier molecular flexibility index (Phi) is 5.34. The average molecular weight is 407 g/mol. The number of nitrogens with zero attached hydrogens (tertiary/aromatic N) is 2. The lowest BCUT2D eigenvalue weighted by Crippen LogP contribution is -2.36. The highest BCUT2D eigenvalue weighted by molar-refractivity contribution is 6.32. The minimum absolute atomic E-state index is 0.0387. The number of pyridine rings is 1. The molecule has 0 atom stereocenters. The van der Waals surface area contributed by atoms with Crippen LogP contribution in [0.2, 0.25) is 10.0 Å². The van der Waals surface area contributed by atoms with Gasteiger partial charge in [0.25, 0.3) is 5.91 Å². The Hall–Kier alpha value is -2.80. The van der Waals surface area contributed by atoms with Gasteiger partial charge in [-0.25, -0.2) is 4.98 Å². The van der Waals surface area contributed by atoms with Gasteiger partial charge in [-0.1, -0.05) is 47.3 Å². The summed E-state index contributed by atoms with van der Waals surface area (Å²) < 4.78 is 0. The molecule has 0 saturated carbocycles. The normalized spacial score (nSPS) is 12.7. The Morgan fingerprint density at radius 1 is 1.00 bits per heavy atom. The van der Waals surface area contributed by atoms with Crippen molar-refractivity contribution in [2.45, 2.75) is 13.0 Å². The van der Waals surface area contributed by atoms with Crippen LogP contribution < -0.4 is 0 Å². The van der Waals surface area contributed by atoms with Gasteiger partial charge in [0, 0.05) is 35.4 Å². The molecule has 1 amide bonds. The lowest BCUT2D eigenvalue weighted by molar-refractivity contribution is 0.0734. The Morgan fingerprint density at radius 2 is 1.89 bits per heavy atom. The summed E-state index contributed by atoms with van der Waals surface area (Å²) in [7, 11) is 0. The highest BCUT2D eigenvalue weighted by Gasteiger charge is 2.23. The van der Waals surface area contributed by atoms with Gasteiger partial charge in [-0.15, -0.1) is 0 Å². The molecule has 0 fully saturated rings. The Labute approximate surface area is 173 Å². The number of benzene rings is 2. The largest absolute Gasteiger partial charge is 0.334 e. The lowest BCUT2D eigenvalue weighted by atomic mass is 9.99. The summed E-state index contributed by atoms with van der Waals surface area (Å²) in [4.78, 5) is 19.0. The summed E-state index contributed by atoms with van der Waals surface area (Å²) in [6, 6.07) is 16.6. The Morgan fingerprint density at radius 3 is 2.71 bits per heavy atom. The third-order valence-corrected chi connectivity index (χ3v) is 5.38. The maximum Gasteiger partial charge on any atom is 0.254 e. The number of carbonyl (C=O) groups excluding carboxylic acids is 1. The first kappa shape index (κ1) is 18.6. The van der Waals surface area contributed by atoms with E-state index in [0.29, 0.717) is 34.9 Å². The fraction of sp³-hybridized carbons (Fsp3) is 0.130. The van der Waals surface area contributed by atoms with E-state index in [1.54, 1.807) is 24.4 Å². The molecule has 4 rings (SSSR count). The highest BCUT2D eigenvalue weighted by Crippen LogP contribution is 2.27. The Balaban J connectivity index is 1.58. The van der Waals surface area contributed by atoms with E-state index in [9.17, 15) is 4.79 Å². The van der Waals surface area contributed by atoms with Crippen molar-refractivity contribution in [3.05, 3.63) is 98.8 Å². The molecule has 0 N–H and O–H groups in total. The first-order chi connectivity index (χ1) is 13.6. The maximum absolute atomic E-state index is 13.0. The van der Waals surface area contributed by atoms with E-state index in [1.165, 1.54) is 0 Å². The van der Waals surface area contributed by atoms with Gasteiger partial charge in [0.1, 0.15) is 5.69 Å². The van der Waals surface area contributed by atoms with Crippen molar-refractivity contribution in [1.82, 2.24) is 9.88 Å². The van der Waals surface area contributed by atoms with Crippen LogP contribution in [0.15, 0.2) is 60.8 Å². The summed E-state index contributed by atoms with van der Waals surface area (Å²) in [5.74, 6) is 5.96. The molecule has 138 valence electrons. The first-order valence-electron chi connectivity index (χ1n) is 8.90. The number of halogens is 2. The van der Waals surface area contributed by atoms with Gasteiger partial charge in [0.2, 0.25) is 0 Å². The van der Waals surface area contributed by atoms with Crippen molar-refractivity contribution >= 4 is 29.1 Å². The SMILES string of the molecule is O=C(c1ccc(Cl)c(C#Cc2ccccn2)c1)N1CCc2c(Cl)cccc2C1. The van der Waals surface area contributed by atoms with E-state index in [-0.39, 0.29) is 5.91 Å². The molecule has 0 aliphatic carbocycles. The van der Waals surface area contributed by atoms with Crippen LogP contribution in [0.25, 0.3) is 0 Å². The van der Waals surface area contributed by atoms with Crippen LogP contribution in [0.5, 0.6) is 0 Å². The number of amides is 1. The molecule has 5 heteroatoms. The molecule has 0 radical (unpaired) electrons. The molecule has 0 spiro atoms. The van der Waals surface area contributed by atoms with E-state index in [2.05, 4.69) is 16.8 Å². The fourth-order valence-corrected chi connectivity index (χ4v) is 3.69. The van der Waals surface area contributed by atoms with E-state index in [4.69, 9.17) is 23.2 Å². The molecule has 0 bridgehead atoms. The van der Waals surface area contributed by atoms with Crippen LogP contribution in [0, 0.1) is 11.8 Å². The number of fused-ring (bicyclic) bond motifs is 1. The van der Waals surface area contributed by atoms with Crippen LogP contribution in [0.4, 0.5) is 0 Å². The number of carbonyl (C=O) groups is 1. The fourth-order valence-electron chi connectivity index (χ4n) is 3.24. The van der Waals surface area contributed by atoms with Crippen molar-refractivity contribution in [2.24, 2.45) is 0 Å². The van der Waals surface area contributed by atoms with E-state index < -0.39 is 0 Å². The molecule has 1 aliphatic rings. The molecule has 0 saturated heterocycles. The molecule has 1 aromatic heterocycles. The second kappa shape index (κ2) is 8.06. The van der Waals surface area contributed by atoms with Gasteiger partial charge in [-0.3, -0.25) is 4.79 Å². The van der Waals surface area contributed by atoms with Crippen LogP contribution in [0.1, 0.15) is 32.7 Å². The van der Waals surface area contributed by atoms with Gasteiger partial charge < -0.3 is 4.90 Å². The molecule has 28 heavy (non-hydrogen) atoms. The predicted octanol–water partition coefficient (Wildman–Crippen LogP) is 4.99. The van der Waals surface area contributed by atoms with Gasteiger partial charge in [-0.2, -0.15) is 0 Å². The molecule has 3 nitrogen and oxygen atoms in total. The van der Waals surface area contributed by atoms with Crippen LogP contribution >= 0.6 is 23.2 Å². The third kappa shape index (κ3) is 3.89. The zero-order valence-electron chi connectivity index (χ0n) is 15.0. The molecular formula is C23H16Cl2N2O. The molecular weight excluding hydrogens is 391 g/mol. The first-order valence-corrected chi connectivity index (χ1v) is 9.65. The zero-order chi connectivity index (χ0) is 19.5. The van der Waals surface area contributed by atoms with Crippen LogP contribution in [0.3, 0.4) is 0 Å². The second-order valence-electron chi connectivity index (χ2n) is 6.51. The maximum atomic E-state index is 13.0. The molecule has 2 aromatic carbocycles. The number of hydrogen-bond donors (Lipinski definition) is 0. The van der Waals surface area contributed by atoms with Crippen LogP contribution in [-0.4, -0.2) is 22.3 Å². The minimum atomic E-state index is -0.0387. The second-order valence-corrected chi connectivity index (χ2v) is 7.33. The summed E-state index contributed by atoms with van der Waals surface area (Å²) in [5, 5.41) is 1.28. The summed E-state index contributed by atoms with van der Waals surface area (Å²) in [6.45, 7) is 1.18. The quantitative estimate of drug-likeness (QED) is 0.533. The van der Waals surface area contributed by atoms with Gasteiger partial charge in [0.15, 0.2) is 0 Å². The van der Waals surface area contributed by atoms with Crippen molar-refractivity contribution in [3.63, 3.8) is 0 Å². The highest BCUT2D eigenvalue weighted by atomic mass is 35.5. The van der Waals surface area contributed by atoms with Crippen molar-refractivity contribution in [2.75, 3.05) is 6.54 Å². The summed E-state index contributed by atoms with van der Waals surface area (Å²) >= 11 is 12.5. The average Bonchev–Trinajstić information content (AvgIpc) is 2.73. The van der Waals surface area contributed by atoms with Gasteiger partial charge in [0.05, 0.1) is 5.02 Å². The van der Waals surface area contributed by atoms with Crippen molar-refractivity contribution in [1.29, 1.82) is 0 Å². The van der Waals surface area contributed by atoms with Gasteiger partial charge in [-0.05, 0) is 59.9 Å². The van der Waals surface area contributed by atoms with E-state index in [1.807, 2.05) is 41.3 Å².